The van der Waals surface area contributed by atoms with Crippen molar-refractivity contribution in [2.75, 3.05) is 26.6 Å². The molecule has 6 rings (SSSR count). The molecule has 2 aromatic heterocycles. The van der Waals surface area contributed by atoms with Gasteiger partial charge in [0.25, 0.3) is 0 Å². The van der Waals surface area contributed by atoms with E-state index in [9.17, 15) is 4.79 Å². The first kappa shape index (κ1) is 22.8. The summed E-state index contributed by atoms with van der Waals surface area (Å²) in [5, 5.41) is 8.99. The highest BCUT2D eigenvalue weighted by Crippen LogP contribution is 2.40. The van der Waals surface area contributed by atoms with Crippen LogP contribution in [0.4, 0.5) is 0 Å². The van der Waals surface area contributed by atoms with Gasteiger partial charge in [-0.2, -0.15) is 5.10 Å². The summed E-state index contributed by atoms with van der Waals surface area (Å²) in [5.41, 5.74) is 5.80. The van der Waals surface area contributed by atoms with Crippen molar-refractivity contribution in [1.29, 1.82) is 0 Å². The normalized spacial score (nSPS) is 16.5. The molecule has 0 aliphatic carbocycles. The van der Waals surface area contributed by atoms with E-state index in [1.165, 1.54) is 0 Å². The fourth-order valence-corrected chi connectivity index (χ4v) is 5.49. The summed E-state index contributed by atoms with van der Waals surface area (Å²) < 4.78 is 18.6. The highest BCUT2D eigenvalue weighted by atomic mass is 16.7. The molecule has 0 radical (unpaired) electrons. The van der Waals surface area contributed by atoms with Gasteiger partial charge in [0.05, 0.1) is 5.52 Å². The van der Waals surface area contributed by atoms with Crippen LogP contribution in [0, 0.1) is 13.8 Å². The zero-order chi connectivity index (χ0) is 24.7. The molecule has 1 fully saturated rings. The summed E-state index contributed by atoms with van der Waals surface area (Å²) in [6, 6.07) is 14.1. The second-order valence-corrected chi connectivity index (χ2v) is 9.75. The number of nitrogens with zero attached hydrogens (tertiary/aromatic N) is 3. The van der Waals surface area contributed by atoms with Crippen molar-refractivity contribution < 1.29 is 19.0 Å². The van der Waals surface area contributed by atoms with Gasteiger partial charge in [0.1, 0.15) is 0 Å². The Morgan fingerprint density at radius 1 is 1.08 bits per heavy atom. The molecule has 1 N–H and O–H groups in total. The molecule has 0 bridgehead atoms. The second kappa shape index (κ2) is 9.09. The molecule has 2 aliphatic heterocycles. The smallest absolute Gasteiger partial charge is 0.231 e. The second-order valence-electron chi connectivity index (χ2n) is 9.75. The third-order valence-electron chi connectivity index (χ3n) is 7.68. The van der Waals surface area contributed by atoms with Crippen LogP contribution >= 0.6 is 0 Å². The highest BCUT2D eigenvalue weighted by Gasteiger charge is 2.36. The van der Waals surface area contributed by atoms with Crippen LogP contribution in [0.15, 0.2) is 42.5 Å². The number of hydrogen-bond donors (Lipinski definition) is 1. The lowest BCUT2D eigenvalue weighted by Crippen LogP contribution is -2.44. The number of rotatable bonds is 6. The van der Waals surface area contributed by atoms with E-state index >= 15 is 0 Å². The Hall–Kier alpha value is -3.65. The van der Waals surface area contributed by atoms with E-state index in [-0.39, 0.29) is 18.1 Å². The first-order chi connectivity index (χ1) is 17.5. The zero-order valence-electron chi connectivity index (χ0n) is 20.7. The van der Waals surface area contributed by atoms with Crippen molar-refractivity contribution in [3.8, 4) is 11.5 Å². The van der Waals surface area contributed by atoms with Crippen molar-refractivity contribution in [3.63, 3.8) is 0 Å². The van der Waals surface area contributed by atoms with E-state index in [1.807, 2.05) is 41.8 Å². The molecule has 0 saturated carbocycles. The highest BCUT2D eigenvalue weighted by molar-refractivity contribution is 5.92. The fraction of sp³-hybridized carbons (Fsp3) is 0.393. The minimum atomic E-state index is -0.184. The van der Waals surface area contributed by atoms with Gasteiger partial charge in [0.15, 0.2) is 17.1 Å². The van der Waals surface area contributed by atoms with E-state index in [0.29, 0.717) is 32.6 Å². The van der Waals surface area contributed by atoms with Crippen LogP contribution in [-0.2, 0) is 21.4 Å². The Labute approximate surface area is 209 Å². The Kier molecular flexibility index (Phi) is 5.76. The Morgan fingerprint density at radius 2 is 1.89 bits per heavy atom. The number of aromatic nitrogens is 3. The van der Waals surface area contributed by atoms with E-state index in [4.69, 9.17) is 24.3 Å². The molecule has 2 aromatic carbocycles. The summed E-state index contributed by atoms with van der Waals surface area (Å²) in [4.78, 5) is 17.9. The maximum atomic E-state index is 13.0. The van der Waals surface area contributed by atoms with Gasteiger partial charge in [-0.15, -0.1) is 0 Å². The van der Waals surface area contributed by atoms with Crippen molar-refractivity contribution in [3.05, 3.63) is 65.0 Å². The number of benzene rings is 2. The molecule has 8 heteroatoms. The molecule has 8 nitrogen and oxygen atoms in total. The summed E-state index contributed by atoms with van der Waals surface area (Å²) in [6.45, 7) is 6.23. The lowest BCUT2D eigenvalue weighted by molar-refractivity contribution is -0.121. The molecule has 4 heterocycles. The van der Waals surface area contributed by atoms with Gasteiger partial charge in [-0.25, -0.2) is 9.50 Å². The minimum Gasteiger partial charge on any atom is -0.454 e. The first-order valence-corrected chi connectivity index (χ1v) is 12.5. The zero-order valence-corrected chi connectivity index (χ0v) is 20.7. The fourth-order valence-electron chi connectivity index (χ4n) is 5.49. The Morgan fingerprint density at radius 3 is 2.75 bits per heavy atom. The van der Waals surface area contributed by atoms with Crippen molar-refractivity contribution >= 4 is 22.5 Å². The molecule has 1 saturated heterocycles. The number of carbonyl (C=O) groups is 1. The number of carbonyl (C=O) groups excluding carboxylic acids is 1. The third-order valence-corrected chi connectivity index (χ3v) is 7.68. The van der Waals surface area contributed by atoms with Gasteiger partial charge >= 0.3 is 0 Å². The van der Waals surface area contributed by atoms with Crippen molar-refractivity contribution in [2.24, 2.45) is 0 Å². The Balaban J connectivity index is 1.17. The van der Waals surface area contributed by atoms with Crippen LogP contribution in [0.25, 0.3) is 16.6 Å². The molecule has 4 aromatic rings. The van der Waals surface area contributed by atoms with Gasteiger partial charge in [-0.1, -0.05) is 18.2 Å². The lowest BCUT2D eigenvalue weighted by Gasteiger charge is -2.38. The van der Waals surface area contributed by atoms with Gasteiger partial charge < -0.3 is 19.5 Å². The lowest BCUT2D eigenvalue weighted by atomic mass is 9.74. The van der Waals surface area contributed by atoms with Crippen LogP contribution in [0.3, 0.4) is 0 Å². The molecule has 0 unspecified atom stereocenters. The van der Waals surface area contributed by atoms with Crippen LogP contribution in [-0.4, -0.2) is 47.1 Å². The van der Waals surface area contributed by atoms with E-state index in [1.54, 1.807) is 0 Å². The number of nitrogens with one attached hydrogen (secondary N) is 1. The van der Waals surface area contributed by atoms with Crippen molar-refractivity contribution in [1.82, 2.24) is 19.9 Å². The SMILES string of the molecule is Cc1nc2c3ccccc3nn2c(C)c1CCC(=O)NCC1(c2ccc3c(c2)OCO3)CCOCC1. The van der Waals surface area contributed by atoms with E-state index < -0.39 is 0 Å². The van der Waals surface area contributed by atoms with Gasteiger partial charge in [0.2, 0.25) is 12.7 Å². The summed E-state index contributed by atoms with van der Waals surface area (Å²) in [6.07, 6.45) is 2.70. The molecular weight excluding hydrogens is 456 g/mol. The molecule has 1 amide bonds. The largest absolute Gasteiger partial charge is 0.454 e. The number of hydrogen-bond acceptors (Lipinski definition) is 6. The average molecular weight is 487 g/mol. The standard InChI is InChI=1S/C28H30N4O4/c1-18-21(19(2)32-27(30-18)22-5-3-4-6-23(22)31-32)8-10-26(33)29-16-28(11-13-34-14-12-28)20-7-9-24-25(15-20)36-17-35-24/h3-7,9,15H,8,10-14,16-17H2,1-2H3,(H,29,33). The summed E-state index contributed by atoms with van der Waals surface area (Å²) in [5.74, 6) is 1.57. The predicted molar refractivity (Wildman–Crippen MR) is 136 cm³/mol. The van der Waals surface area contributed by atoms with Crippen LogP contribution in [0.5, 0.6) is 11.5 Å². The van der Waals surface area contributed by atoms with Crippen LogP contribution < -0.4 is 14.8 Å². The Bertz CT molecular complexity index is 1460. The molecule has 0 spiro atoms. The number of amides is 1. The molecule has 0 atom stereocenters. The minimum absolute atomic E-state index is 0.0335. The van der Waals surface area contributed by atoms with Crippen molar-refractivity contribution in [2.45, 2.75) is 44.9 Å². The average Bonchev–Trinajstić information content (AvgIpc) is 3.52. The van der Waals surface area contributed by atoms with E-state index in [0.717, 1.165) is 63.4 Å². The predicted octanol–water partition coefficient (Wildman–Crippen LogP) is 4.03. The number of fused-ring (bicyclic) bond motifs is 4. The van der Waals surface area contributed by atoms with Gasteiger partial charge in [0, 0.05) is 48.4 Å². The maximum absolute atomic E-state index is 13.0. The van der Waals surface area contributed by atoms with E-state index in [2.05, 4.69) is 24.4 Å². The molecule has 2 aliphatic rings. The monoisotopic (exact) mass is 486 g/mol. The molecule has 186 valence electrons. The molecular formula is C28H30N4O4. The number of ether oxygens (including phenoxy) is 3. The summed E-state index contributed by atoms with van der Waals surface area (Å²) >= 11 is 0. The summed E-state index contributed by atoms with van der Waals surface area (Å²) in [7, 11) is 0. The van der Waals surface area contributed by atoms with Crippen LogP contribution in [0.2, 0.25) is 0 Å². The van der Waals surface area contributed by atoms with Gasteiger partial charge in [-0.3, -0.25) is 4.79 Å². The first-order valence-electron chi connectivity index (χ1n) is 12.5. The maximum Gasteiger partial charge on any atom is 0.231 e. The molecule has 36 heavy (non-hydrogen) atoms. The quantitative estimate of drug-likeness (QED) is 0.443. The van der Waals surface area contributed by atoms with Gasteiger partial charge in [-0.05, 0) is 68.5 Å². The third kappa shape index (κ3) is 3.95. The number of aryl methyl sites for hydroxylation is 2. The van der Waals surface area contributed by atoms with Crippen LogP contribution in [0.1, 0.15) is 41.8 Å². The topological polar surface area (TPSA) is 87.0 Å².